The second kappa shape index (κ2) is 5.86. The lowest BCUT2D eigenvalue weighted by Gasteiger charge is -2.03. The highest BCUT2D eigenvalue weighted by atomic mass is 16.4. The van der Waals surface area contributed by atoms with Crippen LogP contribution in [0.3, 0.4) is 0 Å². The summed E-state index contributed by atoms with van der Waals surface area (Å²) >= 11 is 0. The average Bonchev–Trinajstić information content (AvgIpc) is 2.25. The van der Waals surface area contributed by atoms with Gasteiger partial charge in [0.05, 0.1) is 0 Å². The van der Waals surface area contributed by atoms with Gasteiger partial charge in [0, 0.05) is 17.8 Å². The van der Waals surface area contributed by atoms with E-state index in [0.29, 0.717) is 12.0 Å². The van der Waals surface area contributed by atoms with Gasteiger partial charge in [0.1, 0.15) is 0 Å². The number of aliphatic carboxylic acids is 1. The maximum absolute atomic E-state index is 10.5. The molecule has 0 radical (unpaired) electrons. The van der Waals surface area contributed by atoms with E-state index in [9.17, 15) is 4.79 Å². The van der Waals surface area contributed by atoms with Crippen LogP contribution >= 0.6 is 0 Å². The largest absolute Gasteiger partial charge is 0.478 e. The molecule has 0 unspecified atom stereocenters. The van der Waals surface area contributed by atoms with Crippen LogP contribution in [-0.2, 0) is 4.79 Å². The Balaban J connectivity index is 2.29. The molecule has 0 aliphatic heterocycles. The molecule has 0 aliphatic carbocycles. The van der Waals surface area contributed by atoms with Crippen LogP contribution in [0.1, 0.15) is 13.3 Å². The van der Waals surface area contributed by atoms with Crippen molar-refractivity contribution in [2.75, 3.05) is 11.9 Å². The molecule has 0 amide bonds. The Morgan fingerprint density at radius 2 is 2.07 bits per heavy atom. The number of benzene rings is 1. The van der Waals surface area contributed by atoms with Gasteiger partial charge in [-0.1, -0.05) is 24.3 Å². The summed E-state index contributed by atoms with van der Waals surface area (Å²) in [6.07, 6.45) is 2.44. The van der Waals surface area contributed by atoms with Crippen molar-refractivity contribution in [2.45, 2.75) is 13.3 Å². The molecule has 3 heteroatoms. The van der Waals surface area contributed by atoms with Gasteiger partial charge in [-0.2, -0.15) is 0 Å². The fraction of sp³-hybridized carbons (Fsp3) is 0.250. The van der Waals surface area contributed by atoms with Crippen molar-refractivity contribution in [1.29, 1.82) is 0 Å². The van der Waals surface area contributed by atoms with E-state index in [-0.39, 0.29) is 0 Å². The van der Waals surface area contributed by atoms with Gasteiger partial charge >= 0.3 is 5.97 Å². The van der Waals surface area contributed by atoms with E-state index in [1.165, 1.54) is 0 Å². The molecule has 0 aliphatic rings. The van der Waals surface area contributed by atoms with Crippen molar-refractivity contribution in [1.82, 2.24) is 0 Å². The van der Waals surface area contributed by atoms with Crippen LogP contribution in [-0.4, -0.2) is 17.6 Å². The van der Waals surface area contributed by atoms with E-state index in [2.05, 4.69) is 5.32 Å². The van der Waals surface area contributed by atoms with Crippen LogP contribution in [0.5, 0.6) is 0 Å². The van der Waals surface area contributed by atoms with E-state index in [1.807, 2.05) is 30.3 Å². The maximum Gasteiger partial charge on any atom is 0.330 e. The van der Waals surface area contributed by atoms with Crippen molar-refractivity contribution < 1.29 is 9.90 Å². The van der Waals surface area contributed by atoms with Crippen LogP contribution in [0.2, 0.25) is 0 Å². The molecule has 1 aromatic carbocycles. The van der Waals surface area contributed by atoms with Crippen molar-refractivity contribution in [2.24, 2.45) is 0 Å². The molecular formula is C12H15NO2. The van der Waals surface area contributed by atoms with E-state index < -0.39 is 5.97 Å². The van der Waals surface area contributed by atoms with Gasteiger partial charge in [0.15, 0.2) is 0 Å². The topological polar surface area (TPSA) is 49.3 Å². The minimum absolute atomic E-state index is 0.393. The Bertz CT molecular complexity index is 344. The Morgan fingerprint density at radius 3 is 2.67 bits per heavy atom. The van der Waals surface area contributed by atoms with E-state index in [1.54, 1.807) is 13.0 Å². The lowest BCUT2D eigenvalue weighted by molar-refractivity contribution is -0.132. The first-order valence-electron chi connectivity index (χ1n) is 4.89. The molecule has 2 N–H and O–H groups in total. The summed E-state index contributed by atoms with van der Waals surface area (Å²) in [7, 11) is 0. The monoisotopic (exact) mass is 205 g/mol. The van der Waals surface area contributed by atoms with Crippen LogP contribution in [0.15, 0.2) is 42.0 Å². The minimum Gasteiger partial charge on any atom is -0.478 e. The number of rotatable bonds is 5. The van der Waals surface area contributed by atoms with Gasteiger partial charge in [-0.3, -0.25) is 0 Å². The zero-order chi connectivity index (χ0) is 11.1. The Labute approximate surface area is 89.4 Å². The van der Waals surface area contributed by atoms with E-state index in [0.717, 1.165) is 12.2 Å². The highest BCUT2D eigenvalue weighted by Crippen LogP contribution is 2.05. The third-order valence-corrected chi connectivity index (χ3v) is 2.04. The average molecular weight is 205 g/mol. The third kappa shape index (κ3) is 4.31. The molecule has 0 atom stereocenters. The number of hydrogen-bond donors (Lipinski definition) is 2. The highest BCUT2D eigenvalue weighted by molar-refractivity contribution is 5.85. The molecule has 15 heavy (non-hydrogen) atoms. The van der Waals surface area contributed by atoms with Crippen molar-refractivity contribution in [3.05, 3.63) is 42.0 Å². The summed E-state index contributed by atoms with van der Waals surface area (Å²) in [6.45, 7) is 2.35. The zero-order valence-electron chi connectivity index (χ0n) is 8.73. The molecule has 0 fully saturated rings. The number of carboxylic acid groups (broad SMARTS) is 1. The SMILES string of the molecule is CC(=CCCNc1ccccc1)C(=O)O. The fourth-order valence-corrected chi connectivity index (χ4v) is 1.15. The van der Waals surface area contributed by atoms with Gasteiger partial charge in [0.2, 0.25) is 0 Å². The van der Waals surface area contributed by atoms with Crippen molar-refractivity contribution in [3.63, 3.8) is 0 Å². The lowest BCUT2D eigenvalue weighted by atomic mass is 10.2. The molecule has 0 heterocycles. The molecule has 1 aromatic rings. The summed E-state index contributed by atoms with van der Waals surface area (Å²) in [5.74, 6) is -0.852. The maximum atomic E-state index is 10.5. The molecule has 3 nitrogen and oxygen atoms in total. The molecule has 0 spiro atoms. The molecule has 0 saturated carbocycles. The Kier molecular flexibility index (Phi) is 4.41. The summed E-state index contributed by atoms with van der Waals surface area (Å²) in [6, 6.07) is 9.84. The first-order valence-corrected chi connectivity index (χ1v) is 4.89. The quantitative estimate of drug-likeness (QED) is 0.573. The normalized spacial score (nSPS) is 11.1. The number of anilines is 1. The third-order valence-electron chi connectivity index (χ3n) is 2.04. The summed E-state index contributed by atoms with van der Waals surface area (Å²) < 4.78 is 0. The number of hydrogen-bond acceptors (Lipinski definition) is 2. The number of nitrogens with one attached hydrogen (secondary N) is 1. The van der Waals surface area contributed by atoms with Gasteiger partial charge in [-0.05, 0) is 25.5 Å². The molecular weight excluding hydrogens is 190 g/mol. The molecule has 0 saturated heterocycles. The predicted molar refractivity (Wildman–Crippen MR) is 60.9 cm³/mol. The second-order valence-electron chi connectivity index (χ2n) is 3.27. The van der Waals surface area contributed by atoms with Gasteiger partial charge < -0.3 is 10.4 Å². The van der Waals surface area contributed by atoms with Gasteiger partial charge in [0.25, 0.3) is 0 Å². The second-order valence-corrected chi connectivity index (χ2v) is 3.27. The van der Waals surface area contributed by atoms with Crippen molar-refractivity contribution in [3.8, 4) is 0 Å². The predicted octanol–water partition coefficient (Wildman–Crippen LogP) is 2.52. The lowest BCUT2D eigenvalue weighted by Crippen LogP contribution is -2.01. The first-order chi connectivity index (χ1) is 7.20. The molecule has 0 aromatic heterocycles. The van der Waals surface area contributed by atoms with Crippen LogP contribution in [0.25, 0.3) is 0 Å². The summed E-state index contributed by atoms with van der Waals surface area (Å²) in [5.41, 5.74) is 1.45. The van der Waals surface area contributed by atoms with Crippen LogP contribution in [0, 0.1) is 0 Å². The Morgan fingerprint density at radius 1 is 1.40 bits per heavy atom. The zero-order valence-corrected chi connectivity index (χ0v) is 8.73. The first kappa shape index (κ1) is 11.3. The minimum atomic E-state index is -0.852. The standard InChI is InChI=1S/C12H15NO2/c1-10(12(14)15)6-5-9-13-11-7-3-2-4-8-11/h2-4,6-8,13H,5,9H2,1H3,(H,14,15). The summed E-state index contributed by atoms with van der Waals surface area (Å²) in [4.78, 5) is 10.5. The number of carboxylic acids is 1. The fourth-order valence-electron chi connectivity index (χ4n) is 1.15. The van der Waals surface area contributed by atoms with Gasteiger partial charge in [-0.15, -0.1) is 0 Å². The molecule has 80 valence electrons. The smallest absolute Gasteiger partial charge is 0.330 e. The van der Waals surface area contributed by atoms with E-state index >= 15 is 0 Å². The van der Waals surface area contributed by atoms with Crippen LogP contribution in [0.4, 0.5) is 5.69 Å². The van der Waals surface area contributed by atoms with Gasteiger partial charge in [-0.25, -0.2) is 4.79 Å². The molecule has 1 rings (SSSR count). The number of carbonyl (C=O) groups is 1. The van der Waals surface area contributed by atoms with Crippen LogP contribution < -0.4 is 5.32 Å². The highest BCUT2D eigenvalue weighted by Gasteiger charge is 1.97. The van der Waals surface area contributed by atoms with Crippen molar-refractivity contribution >= 4 is 11.7 Å². The Hall–Kier alpha value is -1.77. The number of para-hydroxylation sites is 1. The summed E-state index contributed by atoms with van der Waals surface area (Å²) in [5, 5.41) is 11.8. The molecule has 0 bridgehead atoms. The van der Waals surface area contributed by atoms with E-state index in [4.69, 9.17) is 5.11 Å².